The van der Waals surface area contributed by atoms with Crippen LogP contribution in [0.2, 0.25) is 0 Å². The topological polar surface area (TPSA) is 99.7 Å². The summed E-state index contributed by atoms with van der Waals surface area (Å²) in [4.78, 5) is 11.2. The highest BCUT2D eigenvalue weighted by Crippen LogP contribution is 2.47. The number of rotatable bonds is 6. The van der Waals surface area contributed by atoms with Crippen molar-refractivity contribution in [2.24, 2.45) is 5.92 Å². The van der Waals surface area contributed by atoms with Crippen LogP contribution in [0.1, 0.15) is 57.2 Å². The summed E-state index contributed by atoms with van der Waals surface area (Å²) in [6.07, 6.45) is 10.0. The van der Waals surface area contributed by atoms with Gasteiger partial charge in [-0.15, -0.1) is 0 Å². The Morgan fingerprint density at radius 3 is 2.61 bits per heavy atom. The molecule has 2 saturated heterocycles. The van der Waals surface area contributed by atoms with Crippen LogP contribution >= 0.6 is 0 Å². The van der Waals surface area contributed by atoms with E-state index in [4.69, 9.17) is 4.74 Å². The van der Waals surface area contributed by atoms with Crippen molar-refractivity contribution in [2.75, 3.05) is 37.3 Å². The molecule has 5 rings (SSSR count). The van der Waals surface area contributed by atoms with Gasteiger partial charge in [-0.05, 0) is 38.5 Å². The molecule has 4 unspecified atom stereocenters. The molecule has 172 valence electrons. The molecule has 2 saturated carbocycles. The number of hydrogen-bond acceptors (Lipinski definition) is 8. The summed E-state index contributed by atoms with van der Waals surface area (Å²) in [6, 6.07) is 2.64. The Morgan fingerprint density at radius 2 is 1.94 bits per heavy atom. The average molecular weight is 451 g/mol. The molecule has 0 spiro atoms. The highest BCUT2D eigenvalue weighted by Gasteiger charge is 2.47. The Hall–Kier alpha value is -1.33. The van der Waals surface area contributed by atoms with Gasteiger partial charge in [0.25, 0.3) is 0 Å². The molecular formula is C21H34N6O3S. The van der Waals surface area contributed by atoms with E-state index in [0.29, 0.717) is 44.2 Å². The van der Waals surface area contributed by atoms with Gasteiger partial charge < -0.3 is 9.64 Å². The van der Waals surface area contributed by atoms with Gasteiger partial charge in [-0.2, -0.15) is 4.31 Å². The van der Waals surface area contributed by atoms with Gasteiger partial charge in [-0.25, -0.2) is 23.8 Å². The van der Waals surface area contributed by atoms with Crippen LogP contribution < -0.4 is 15.8 Å². The highest BCUT2D eigenvalue weighted by molar-refractivity contribution is 7.88. The minimum atomic E-state index is -3.14. The molecule has 0 aromatic carbocycles. The molecular weight excluding hydrogens is 416 g/mol. The van der Waals surface area contributed by atoms with E-state index >= 15 is 0 Å². The Bertz CT molecular complexity index is 900. The molecule has 0 radical (unpaired) electrons. The first kappa shape index (κ1) is 21.5. The van der Waals surface area contributed by atoms with Crippen LogP contribution in [0.3, 0.4) is 0 Å². The predicted octanol–water partition coefficient (Wildman–Crippen LogP) is 1.20. The van der Waals surface area contributed by atoms with E-state index in [1.165, 1.54) is 23.4 Å². The zero-order valence-electron chi connectivity index (χ0n) is 18.5. The van der Waals surface area contributed by atoms with Crippen LogP contribution in [0.15, 0.2) is 12.4 Å². The lowest BCUT2D eigenvalue weighted by atomic mass is 9.79. The van der Waals surface area contributed by atoms with E-state index in [9.17, 15) is 8.42 Å². The second-order valence-corrected chi connectivity index (χ2v) is 11.6. The van der Waals surface area contributed by atoms with Gasteiger partial charge in [0.1, 0.15) is 12.1 Å². The number of fused-ring (bicyclic) bond motifs is 1. The van der Waals surface area contributed by atoms with Crippen LogP contribution in [-0.2, 0) is 14.8 Å². The minimum Gasteiger partial charge on any atom is -0.372 e. The number of sulfonamides is 1. The van der Waals surface area contributed by atoms with Gasteiger partial charge in [-0.3, -0.25) is 5.43 Å². The minimum absolute atomic E-state index is 0.132. The van der Waals surface area contributed by atoms with Gasteiger partial charge >= 0.3 is 0 Å². The van der Waals surface area contributed by atoms with Gasteiger partial charge in [-0.1, -0.05) is 6.92 Å². The lowest BCUT2D eigenvalue weighted by molar-refractivity contribution is -0.0603. The van der Waals surface area contributed by atoms with Crippen molar-refractivity contribution in [2.45, 2.75) is 69.2 Å². The molecule has 31 heavy (non-hydrogen) atoms. The highest BCUT2D eigenvalue weighted by atomic mass is 32.2. The second-order valence-electron chi connectivity index (χ2n) is 9.58. The van der Waals surface area contributed by atoms with Crippen LogP contribution in [-0.4, -0.2) is 72.9 Å². The first-order valence-corrected chi connectivity index (χ1v) is 13.4. The zero-order chi connectivity index (χ0) is 21.6. The fourth-order valence-electron chi connectivity index (χ4n) is 5.42. The fourth-order valence-corrected chi connectivity index (χ4v) is 6.24. The molecule has 4 fully saturated rings. The third-order valence-electron chi connectivity index (χ3n) is 7.60. The second kappa shape index (κ2) is 8.22. The van der Waals surface area contributed by atoms with Crippen molar-refractivity contribution < 1.29 is 13.2 Å². The number of anilines is 1. The Morgan fingerprint density at radius 1 is 1.16 bits per heavy atom. The summed E-state index contributed by atoms with van der Waals surface area (Å²) >= 11 is 0. The van der Waals surface area contributed by atoms with Crippen LogP contribution in [0.5, 0.6) is 0 Å². The normalized spacial score (nSPS) is 33.3. The molecule has 2 aliphatic heterocycles. The largest absolute Gasteiger partial charge is 0.372 e. The van der Waals surface area contributed by atoms with Gasteiger partial charge in [0.2, 0.25) is 10.0 Å². The smallest absolute Gasteiger partial charge is 0.211 e. The number of nitrogens with one attached hydrogen (secondary N) is 2. The molecule has 2 N–H and O–H groups in total. The average Bonchev–Trinajstić information content (AvgIpc) is 3.42. The molecule has 9 nitrogen and oxygen atoms in total. The van der Waals surface area contributed by atoms with E-state index in [1.807, 2.05) is 0 Å². The van der Waals surface area contributed by atoms with Crippen molar-refractivity contribution in [3.05, 3.63) is 18.1 Å². The van der Waals surface area contributed by atoms with E-state index in [2.05, 4.69) is 38.7 Å². The summed E-state index contributed by atoms with van der Waals surface area (Å²) < 4.78 is 31.6. The molecule has 4 aliphatic rings. The number of hydrazine groups is 1. The maximum absolute atomic E-state index is 11.8. The molecule has 1 aromatic rings. The molecule has 3 heterocycles. The maximum Gasteiger partial charge on any atom is 0.211 e. The molecule has 2 aliphatic carbocycles. The molecule has 0 amide bonds. The molecule has 0 bridgehead atoms. The van der Waals surface area contributed by atoms with Crippen LogP contribution in [0.4, 0.5) is 5.82 Å². The SMILES string of the molecule is CCC1(OC2CCC3NNC(c4cc(N5CCN(S(C)(=O)=O)CC5)ncn4)C3C2)CC1. The Kier molecular flexibility index (Phi) is 5.71. The quantitative estimate of drug-likeness (QED) is 0.667. The van der Waals surface area contributed by atoms with E-state index < -0.39 is 10.0 Å². The number of hydrogen-bond donors (Lipinski definition) is 2. The van der Waals surface area contributed by atoms with Crippen LogP contribution in [0, 0.1) is 5.92 Å². The first-order valence-electron chi connectivity index (χ1n) is 11.6. The fraction of sp³-hybridized carbons (Fsp3) is 0.810. The van der Waals surface area contributed by atoms with Crippen LogP contribution in [0.25, 0.3) is 0 Å². The lowest BCUT2D eigenvalue weighted by Gasteiger charge is -2.35. The van der Waals surface area contributed by atoms with Gasteiger partial charge in [0, 0.05) is 44.2 Å². The van der Waals surface area contributed by atoms with Crippen molar-refractivity contribution >= 4 is 15.8 Å². The number of ether oxygens (including phenoxy) is 1. The lowest BCUT2D eigenvalue weighted by Crippen LogP contribution is -2.48. The Labute approximate surface area is 185 Å². The standard InChI is InChI=1S/C21H34N6O3S/c1-3-21(6-7-21)30-15-4-5-17-16(12-15)20(25-24-17)18-13-19(23-14-22-18)26-8-10-27(11-9-26)31(2,28)29/h13-17,20,24-25H,3-12H2,1-2H3. The molecule has 1 aromatic heterocycles. The summed E-state index contributed by atoms with van der Waals surface area (Å²) in [5.41, 5.74) is 8.12. The van der Waals surface area contributed by atoms with Gasteiger partial charge in [0.05, 0.1) is 29.7 Å². The molecule has 10 heteroatoms. The molecule has 4 atom stereocenters. The van der Waals surface area contributed by atoms with E-state index in [-0.39, 0.29) is 11.6 Å². The number of piperazine rings is 1. The zero-order valence-corrected chi connectivity index (χ0v) is 19.3. The first-order chi connectivity index (χ1) is 14.9. The predicted molar refractivity (Wildman–Crippen MR) is 118 cm³/mol. The summed E-state index contributed by atoms with van der Waals surface area (Å²) in [5, 5.41) is 0. The Balaban J connectivity index is 1.26. The monoisotopic (exact) mass is 450 g/mol. The van der Waals surface area contributed by atoms with Gasteiger partial charge in [0.15, 0.2) is 0 Å². The summed E-state index contributed by atoms with van der Waals surface area (Å²) in [5.74, 6) is 1.31. The third kappa shape index (κ3) is 4.45. The summed E-state index contributed by atoms with van der Waals surface area (Å²) in [6.45, 7) is 4.49. The van der Waals surface area contributed by atoms with Crippen molar-refractivity contribution in [1.82, 2.24) is 25.1 Å². The maximum atomic E-state index is 11.8. The number of nitrogens with zero attached hydrogens (tertiary/aromatic N) is 4. The summed E-state index contributed by atoms with van der Waals surface area (Å²) in [7, 11) is -3.14. The van der Waals surface area contributed by atoms with E-state index in [1.54, 1.807) is 6.33 Å². The van der Waals surface area contributed by atoms with Crippen molar-refractivity contribution in [3.63, 3.8) is 0 Å². The van der Waals surface area contributed by atoms with E-state index in [0.717, 1.165) is 37.2 Å². The third-order valence-corrected chi connectivity index (χ3v) is 8.90. The number of aromatic nitrogens is 2. The van der Waals surface area contributed by atoms with Crippen molar-refractivity contribution in [3.8, 4) is 0 Å². The van der Waals surface area contributed by atoms with Crippen molar-refractivity contribution in [1.29, 1.82) is 0 Å².